The van der Waals surface area contributed by atoms with Gasteiger partial charge in [0.15, 0.2) is 11.4 Å². The molecule has 0 aliphatic carbocycles. The van der Waals surface area contributed by atoms with Crippen LogP contribution in [0.4, 0.5) is 0 Å². The summed E-state index contributed by atoms with van der Waals surface area (Å²) in [6.45, 7) is 3.94. The normalized spacial score (nSPS) is 30.0. The van der Waals surface area contributed by atoms with E-state index in [2.05, 4.69) is 0 Å². The lowest BCUT2D eigenvalue weighted by Crippen LogP contribution is -2.25. The van der Waals surface area contributed by atoms with Crippen LogP contribution in [0.15, 0.2) is 30.3 Å². The number of ketones is 1. The van der Waals surface area contributed by atoms with Crippen molar-refractivity contribution in [1.29, 1.82) is 0 Å². The van der Waals surface area contributed by atoms with Gasteiger partial charge in [0.2, 0.25) is 0 Å². The van der Waals surface area contributed by atoms with Crippen molar-refractivity contribution in [3.05, 3.63) is 35.9 Å². The number of epoxide rings is 1. The lowest BCUT2D eigenvalue weighted by Gasteiger charge is -2.07. The van der Waals surface area contributed by atoms with Gasteiger partial charge in [-0.2, -0.15) is 0 Å². The van der Waals surface area contributed by atoms with Crippen molar-refractivity contribution in [2.45, 2.75) is 32.0 Å². The fraction of sp³-hybridized carbons (Fsp3) is 0.417. The Morgan fingerprint density at radius 2 is 2.00 bits per heavy atom. The van der Waals surface area contributed by atoms with Crippen LogP contribution in [0.5, 0.6) is 0 Å². The first-order valence-corrected chi connectivity index (χ1v) is 4.98. The number of rotatable bonds is 3. The molecule has 2 unspecified atom stereocenters. The highest BCUT2D eigenvalue weighted by atomic mass is 16.6. The molecule has 0 saturated carbocycles. The smallest absolute Gasteiger partial charge is 0.197 e. The Balaban J connectivity index is 2.25. The van der Waals surface area contributed by atoms with Crippen molar-refractivity contribution in [3.63, 3.8) is 0 Å². The number of hydrogen-bond donors (Lipinski definition) is 0. The third-order valence-corrected chi connectivity index (χ3v) is 2.93. The molecule has 1 aliphatic rings. The Morgan fingerprint density at radius 3 is 2.43 bits per heavy atom. The molecular formula is C12H14O2. The highest BCUT2D eigenvalue weighted by Crippen LogP contribution is 2.41. The van der Waals surface area contributed by atoms with Gasteiger partial charge < -0.3 is 4.74 Å². The van der Waals surface area contributed by atoms with Crippen molar-refractivity contribution >= 4 is 5.78 Å². The number of benzene rings is 1. The van der Waals surface area contributed by atoms with Crippen molar-refractivity contribution in [3.8, 4) is 0 Å². The third-order valence-electron chi connectivity index (χ3n) is 2.93. The maximum atomic E-state index is 12.0. The zero-order valence-electron chi connectivity index (χ0n) is 8.49. The van der Waals surface area contributed by atoms with Crippen molar-refractivity contribution < 1.29 is 9.53 Å². The van der Waals surface area contributed by atoms with Crippen LogP contribution in [0.1, 0.15) is 30.6 Å². The summed E-state index contributed by atoms with van der Waals surface area (Å²) in [5, 5.41) is 0. The van der Waals surface area contributed by atoms with Gasteiger partial charge in [0.05, 0.1) is 6.10 Å². The summed E-state index contributed by atoms with van der Waals surface area (Å²) in [5.41, 5.74) is 0.222. The van der Waals surface area contributed by atoms with Crippen LogP contribution in [-0.2, 0) is 4.74 Å². The highest BCUT2D eigenvalue weighted by molar-refractivity contribution is 6.04. The first kappa shape index (κ1) is 9.41. The lowest BCUT2D eigenvalue weighted by molar-refractivity contribution is 0.0868. The van der Waals surface area contributed by atoms with Gasteiger partial charge in [-0.3, -0.25) is 4.79 Å². The molecule has 0 aromatic heterocycles. The molecule has 0 spiro atoms. The van der Waals surface area contributed by atoms with Gasteiger partial charge in [-0.1, -0.05) is 37.3 Å². The van der Waals surface area contributed by atoms with Gasteiger partial charge in [0, 0.05) is 5.56 Å². The molecule has 0 radical (unpaired) electrons. The largest absolute Gasteiger partial charge is 0.358 e. The van der Waals surface area contributed by atoms with E-state index in [1.54, 1.807) is 0 Å². The second kappa shape index (κ2) is 3.21. The zero-order valence-corrected chi connectivity index (χ0v) is 8.49. The molecule has 1 saturated heterocycles. The average molecular weight is 190 g/mol. The number of Topliss-reactive ketones (excluding diaryl/α,β-unsaturated/α-hetero) is 1. The van der Waals surface area contributed by atoms with Crippen LogP contribution >= 0.6 is 0 Å². The van der Waals surface area contributed by atoms with Gasteiger partial charge in [-0.15, -0.1) is 0 Å². The van der Waals surface area contributed by atoms with Crippen molar-refractivity contribution in [1.82, 2.24) is 0 Å². The number of carbonyl (C=O) groups excluding carboxylic acids is 1. The molecule has 0 bridgehead atoms. The Morgan fingerprint density at radius 1 is 1.43 bits per heavy atom. The van der Waals surface area contributed by atoms with Crippen LogP contribution < -0.4 is 0 Å². The molecule has 2 rings (SSSR count). The molecule has 0 N–H and O–H groups in total. The Labute approximate surface area is 83.9 Å². The molecule has 2 atom stereocenters. The van der Waals surface area contributed by atoms with Crippen LogP contribution in [0.3, 0.4) is 0 Å². The molecule has 1 aromatic rings. The standard InChI is InChI=1S/C12H14O2/c1-3-12(9(2)14-12)11(13)10-7-5-4-6-8-10/h4-9H,3H2,1-2H3. The minimum Gasteiger partial charge on any atom is -0.358 e. The molecule has 74 valence electrons. The fourth-order valence-electron chi connectivity index (χ4n) is 1.88. The van der Waals surface area contributed by atoms with E-state index in [1.807, 2.05) is 44.2 Å². The number of hydrogen-bond acceptors (Lipinski definition) is 2. The van der Waals surface area contributed by atoms with E-state index < -0.39 is 5.60 Å². The average Bonchev–Trinajstić information content (AvgIpc) is 2.91. The van der Waals surface area contributed by atoms with Crippen molar-refractivity contribution in [2.75, 3.05) is 0 Å². The number of ether oxygens (including phenoxy) is 1. The fourth-order valence-corrected chi connectivity index (χ4v) is 1.88. The lowest BCUT2D eigenvalue weighted by atomic mass is 9.92. The molecule has 2 heteroatoms. The molecule has 14 heavy (non-hydrogen) atoms. The minimum absolute atomic E-state index is 0.0696. The Kier molecular flexibility index (Phi) is 2.16. The van der Waals surface area contributed by atoms with Crippen LogP contribution in [0, 0.1) is 0 Å². The summed E-state index contributed by atoms with van der Waals surface area (Å²) >= 11 is 0. The monoisotopic (exact) mass is 190 g/mol. The van der Waals surface area contributed by atoms with Crippen LogP contribution in [0.25, 0.3) is 0 Å². The summed E-state index contributed by atoms with van der Waals surface area (Å²) in [7, 11) is 0. The van der Waals surface area contributed by atoms with E-state index in [-0.39, 0.29) is 11.9 Å². The number of carbonyl (C=O) groups is 1. The van der Waals surface area contributed by atoms with Crippen LogP contribution in [-0.4, -0.2) is 17.5 Å². The molecule has 1 aromatic carbocycles. The molecular weight excluding hydrogens is 176 g/mol. The van der Waals surface area contributed by atoms with Crippen molar-refractivity contribution in [2.24, 2.45) is 0 Å². The van der Waals surface area contributed by atoms with E-state index in [1.165, 1.54) is 0 Å². The quantitative estimate of drug-likeness (QED) is 0.541. The van der Waals surface area contributed by atoms with Crippen LogP contribution in [0.2, 0.25) is 0 Å². The molecule has 1 fully saturated rings. The predicted molar refractivity (Wildman–Crippen MR) is 54.3 cm³/mol. The SMILES string of the molecule is CCC1(C(=O)c2ccccc2)OC1C. The Bertz CT molecular complexity index is 341. The molecule has 1 heterocycles. The summed E-state index contributed by atoms with van der Waals surface area (Å²) in [6.07, 6.45) is 0.822. The Hall–Kier alpha value is -1.15. The molecule has 0 amide bonds. The topological polar surface area (TPSA) is 29.6 Å². The zero-order chi connectivity index (χ0) is 10.2. The van der Waals surface area contributed by atoms with Gasteiger partial charge in [-0.05, 0) is 13.3 Å². The van der Waals surface area contributed by atoms with E-state index in [0.717, 1.165) is 12.0 Å². The minimum atomic E-state index is -0.526. The predicted octanol–water partition coefficient (Wildman–Crippen LogP) is 2.44. The summed E-state index contributed by atoms with van der Waals surface area (Å²) in [6, 6.07) is 9.35. The van der Waals surface area contributed by atoms with E-state index in [9.17, 15) is 4.79 Å². The molecule has 2 nitrogen and oxygen atoms in total. The van der Waals surface area contributed by atoms with E-state index in [0.29, 0.717) is 0 Å². The summed E-state index contributed by atoms with van der Waals surface area (Å²) < 4.78 is 5.42. The summed E-state index contributed by atoms with van der Waals surface area (Å²) in [4.78, 5) is 12.0. The second-order valence-corrected chi connectivity index (χ2v) is 3.70. The van der Waals surface area contributed by atoms with E-state index in [4.69, 9.17) is 4.74 Å². The van der Waals surface area contributed by atoms with E-state index >= 15 is 0 Å². The maximum absolute atomic E-state index is 12.0. The molecule has 1 aliphatic heterocycles. The van der Waals surface area contributed by atoms with Gasteiger partial charge in [0.1, 0.15) is 0 Å². The maximum Gasteiger partial charge on any atom is 0.197 e. The third kappa shape index (κ3) is 1.26. The first-order valence-electron chi connectivity index (χ1n) is 4.98. The summed E-state index contributed by atoms with van der Waals surface area (Å²) in [5.74, 6) is 0.119. The van der Waals surface area contributed by atoms with Gasteiger partial charge in [-0.25, -0.2) is 0 Å². The highest BCUT2D eigenvalue weighted by Gasteiger charge is 2.57. The first-order chi connectivity index (χ1) is 6.70. The second-order valence-electron chi connectivity index (χ2n) is 3.70. The van der Waals surface area contributed by atoms with Gasteiger partial charge in [0.25, 0.3) is 0 Å². The van der Waals surface area contributed by atoms with Gasteiger partial charge >= 0.3 is 0 Å².